The van der Waals surface area contributed by atoms with E-state index in [4.69, 9.17) is 4.98 Å². The molecule has 170 valence electrons. The lowest BCUT2D eigenvalue weighted by atomic mass is 10.1. The number of anilines is 1. The summed E-state index contributed by atoms with van der Waals surface area (Å²) in [4.78, 5) is 18.0. The maximum Gasteiger partial charge on any atom is 0.256 e. The lowest BCUT2D eigenvalue weighted by molar-refractivity contribution is 0.102. The van der Waals surface area contributed by atoms with Gasteiger partial charge in [0.25, 0.3) is 5.91 Å². The minimum absolute atomic E-state index is 0.101. The lowest BCUT2D eigenvalue weighted by Crippen LogP contribution is -2.40. The van der Waals surface area contributed by atoms with E-state index >= 15 is 0 Å². The molecule has 7 nitrogen and oxygen atoms in total. The van der Waals surface area contributed by atoms with Crippen LogP contribution in [0, 0.1) is 6.92 Å². The van der Waals surface area contributed by atoms with Crippen molar-refractivity contribution in [1.29, 1.82) is 0 Å². The van der Waals surface area contributed by atoms with Crippen molar-refractivity contribution in [3.05, 3.63) is 84.1 Å². The molecule has 4 rings (SSSR count). The summed E-state index contributed by atoms with van der Waals surface area (Å²) in [5, 5.41) is 2.97. The molecular weight excluding hydrogens is 436 g/mol. The average molecular weight is 463 g/mol. The number of nitrogens with one attached hydrogen (secondary N) is 2. The van der Waals surface area contributed by atoms with Crippen LogP contribution in [0.3, 0.4) is 0 Å². The number of carbonyl (C=O) groups is 1. The molecule has 2 aromatic carbocycles. The molecule has 2 aromatic heterocycles. The Labute approximate surface area is 193 Å². The molecule has 0 atom stereocenters. The highest BCUT2D eigenvalue weighted by atomic mass is 32.2. The molecule has 0 bridgehead atoms. The predicted molar refractivity (Wildman–Crippen MR) is 130 cm³/mol. The maximum atomic E-state index is 13.1. The molecule has 8 heteroatoms. The third-order valence-electron chi connectivity index (χ3n) is 4.99. The summed E-state index contributed by atoms with van der Waals surface area (Å²) < 4.78 is 29.5. The fourth-order valence-electron chi connectivity index (χ4n) is 3.55. The number of pyridine rings is 1. The molecule has 0 spiro atoms. The predicted octanol–water partition coefficient (Wildman–Crippen LogP) is 4.64. The Morgan fingerprint density at radius 3 is 2.24 bits per heavy atom. The zero-order chi connectivity index (χ0) is 23.8. The zero-order valence-electron chi connectivity index (χ0n) is 19.0. The zero-order valence-corrected chi connectivity index (χ0v) is 19.8. The molecule has 0 unspecified atom stereocenters. The van der Waals surface area contributed by atoms with Crippen LogP contribution in [0.5, 0.6) is 0 Å². The highest BCUT2D eigenvalue weighted by Crippen LogP contribution is 2.30. The summed E-state index contributed by atoms with van der Waals surface area (Å²) in [5.41, 5.74) is 3.00. The fourth-order valence-corrected chi connectivity index (χ4v) is 4.97. The van der Waals surface area contributed by atoms with Crippen LogP contribution >= 0.6 is 0 Å². The van der Waals surface area contributed by atoms with Gasteiger partial charge in [0.2, 0.25) is 10.0 Å². The topological polar surface area (TPSA) is 92.6 Å². The van der Waals surface area contributed by atoms with E-state index in [1.807, 2.05) is 60.0 Å². The van der Waals surface area contributed by atoms with E-state index in [1.165, 1.54) is 24.3 Å². The first-order valence-corrected chi connectivity index (χ1v) is 12.0. The minimum atomic E-state index is -3.68. The number of hydrogen-bond donors (Lipinski definition) is 2. The number of carbonyl (C=O) groups excluding carboxylic acids is 1. The van der Waals surface area contributed by atoms with Gasteiger partial charge in [-0.1, -0.05) is 36.4 Å². The normalized spacial score (nSPS) is 12.1. The Morgan fingerprint density at radius 2 is 1.61 bits per heavy atom. The van der Waals surface area contributed by atoms with Gasteiger partial charge in [-0.05, 0) is 63.6 Å². The molecule has 2 N–H and O–H groups in total. The van der Waals surface area contributed by atoms with Crippen LogP contribution in [0.2, 0.25) is 0 Å². The number of imidazole rings is 1. The molecule has 0 saturated carbocycles. The molecule has 33 heavy (non-hydrogen) atoms. The van der Waals surface area contributed by atoms with Crippen molar-refractivity contribution >= 4 is 27.4 Å². The van der Waals surface area contributed by atoms with Crippen molar-refractivity contribution in [2.75, 3.05) is 5.32 Å². The van der Waals surface area contributed by atoms with Crippen LogP contribution < -0.4 is 10.0 Å². The summed E-state index contributed by atoms with van der Waals surface area (Å²) in [6, 6.07) is 19.4. The van der Waals surface area contributed by atoms with Crippen molar-refractivity contribution in [2.45, 2.75) is 38.1 Å². The minimum Gasteiger partial charge on any atom is -0.306 e. The van der Waals surface area contributed by atoms with Gasteiger partial charge >= 0.3 is 0 Å². The van der Waals surface area contributed by atoms with E-state index in [1.54, 1.807) is 20.8 Å². The largest absolute Gasteiger partial charge is 0.306 e. The van der Waals surface area contributed by atoms with Crippen LogP contribution in [-0.4, -0.2) is 29.2 Å². The van der Waals surface area contributed by atoms with Gasteiger partial charge in [0.1, 0.15) is 17.2 Å². The highest BCUT2D eigenvalue weighted by Gasteiger charge is 2.23. The Hall–Kier alpha value is -3.49. The maximum absolute atomic E-state index is 13.1. The number of aromatic nitrogens is 2. The van der Waals surface area contributed by atoms with E-state index in [0.717, 1.165) is 16.8 Å². The van der Waals surface area contributed by atoms with Crippen LogP contribution in [0.4, 0.5) is 5.82 Å². The van der Waals surface area contributed by atoms with Crippen LogP contribution in [0.15, 0.2) is 77.8 Å². The van der Waals surface area contributed by atoms with E-state index in [-0.39, 0.29) is 10.8 Å². The van der Waals surface area contributed by atoms with Crippen molar-refractivity contribution in [2.24, 2.45) is 0 Å². The van der Waals surface area contributed by atoms with E-state index < -0.39 is 15.6 Å². The monoisotopic (exact) mass is 462 g/mol. The highest BCUT2D eigenvalue weighted by molar-refractivity contribution is 7.89. The van der Waals surface area contributed by atoms with Gasteiger partial charge in [-0.3, -0.25) is 9.20 Å². The van der Waals surface area contributed by atoms with Crippen molar-refractivity contribution in [3.8, 4) is 11.3 Å². The molecule has 0 aliphatic carbocycles. The van der Waals surface area contributed by atoms with Gasteiger partial charge in [-0.15, -0.1) is 0 Å². The number of sulfonamides is 1. The van der Waals surface area contributed by atoms with E-state index in [2.05, 4.69) is 10.0 Å². The molecule has 2 heterocycles. The molecule has 0 saturated heterocycles. The summed E-state index contributed by atoms with van der Waals surface area (Å²) in [6.07, 6.45) is 1.85. The number of benzene rings is 2. The van der Waals surface area contributed by atoms with Crippen LogP contribution in [-0.2, 0) is 10.0 Å². The molecular formula is C25H26N4O3S. The summed E-state index contributed by atoms with van der Waals surface area (Å²) in [7, 11) is -3.68. The van der Waals surface area contributed by atoms with Crippen LogP contribution in [0.25, 0.3) is 16.9 Å². The van der Waals surface area contributed by atoms with E-state index in [0.29, 0.717) is 17.1 Å². The molecule has 0 radical (unpaired) electrons. The number of hydrogen-bond acceptors (Lipinski definition) is 4. The van der Waals surface area contributed by atoms with Crippen LogP contribution in [0.1, 0.15) is 36.7 Å². The van der Waals surface area contributed by atoms with Gasteiger partial charge in [-0.2, -0.15) is 0 Å². The molecule has 4 aromatic rings. The first kappa shape index (κ1) is 22.7. The third-order valence-corrected chi connectivity index (χ3v) is 6.77. The number of fused-ring (bicyclic) bond motifs is 1. The summed E-state index contributed by atoms with van der Waals surface area (Å²) in [6.45, 7) is 7.28. The summed E-state index contributed by atoms with van der Waals surface area (Å²) >= 11 is 0. The number of rotatable bonds is 5. The second-order valence-corrected chi connectivity index (χ2v) is 10.6. The smallest absolute Gasteiger partial charge is 0.256 e. The Bertz CT molecular complexity index is 1420. The van der Waals surface area contributed by atoms with E-state index in [9.17, 15) is 13.2 Å². The van der Waals surface area contributed by atoms with Gasteiger partial charge in [0, 0.05) is 22.9 Å². The Kier molecular flexibility index (Phi) is 5.82. The van der Waals surface area contributed by atoms with Gasteiger partial charge in [0.15, 0.2) is 0 Å². The van der Waals surface area contributed by atoms with Gasteiger partial charge in [-0.25, -0.2) is 18.1 Å². The van der Waals surface area contributed by atoms with Crippen molar-refractivity contribution in [1.82, 2.24) is 14.1 Å². The summed E-state index contributed by atoms with van der Waals surface area (Å²) in [5.74, 6) is 0.194. The lowest BCUT2D eigenvalue weighted by Gasteiger charge is -2.20. The Balaban J connectivity index is 1.68. The average Bonchev–Trinajstić information content (AvgIpc) is 3.12. The molecule has 0 aliphatic rings. The standard InChI is InChI=1S/C25H26N4O3S/c1-17-9-8-16-29-22(17)26-21(18-10-6-5-7-11-18)23(29)27-24(30)19-12-14-20(15-13-19)33(31,32)28-25(2,3)4/h5-16,28H,1-4H3,(H,27,30). The number of amides is 1. The quantitative estimate of drug-likeness (QED) is 0.452. The first-order chi connectivity index (χ1) is 15.5. The van der Waals surface area contributed by atoms with Crippen molar-refractivity contribution < 1.29 is 13.2 Å². The molecule has 0 aliphatic heterocycles. The molecule has 1 amide bonds. The van der Waals surface area contributed by atoms with Gasteiger partial charge < -0.3 is 5.32 Å². The first-order valence-electron chi connectivity index (χ1n) is 10.5. The Morgan fingerprint density at radius 1 is 0.939 bits per heavy atom. The van der Waals surface area contributed by atoms with Gasteiger partial charge in [0.05, 0.1) is 4.90 Å². The molecule has 0 fully saturated rings. The fraction of sp³-hybridized carbons (Fsp3) is 0.200. The number of aryl methyl sites for hydroxylation is 1. The second kappa shape index (κ2) is 8.46. The number of nitrogens with zero attached hydrogens (tertiary/aromatic N) is 2. The van der Waals surface area contributed by atoms with Crippen molar-refractivity contribution in [3.63, 3.8) is 0 Å². The SMILES string of the molecule is Cc1cccn2c(NC(=O)c3ccc(S(=O)(=O)NC(C)(C)C)cc3)c(-c3ccccc3)nc12. The second-order valence-electron chi connectivity index (χ2n) is 8.89. The third kappa shape index (κ3) is 4.81.